The summed E-state index contributed by atoms with van der Waals surface area (Å²) in [6.07, 6.45) is 3.53. The van der Waals surface area contributed by atoms with Crippen LogP contribution in [0.1, 0.15) is 39.0 Å². The predicted octanol–water partition coefficient (Wildman–Crippen LogP) is 4.54. The first kappa shape index (κ1) is 21.3. The van der Waals surface area contributed by atoms with Crippen LogP contribution in [0.3, 0.4) is 0 Å². The molecule has 5 heterocycles. The number of halogens is 1. The molecule has 0 saturated heterocycles. The van der Waals surface area contributed by atoms with Gasteiger partial charge in [0, 0.05) is 17.4 Å². The van der Waals surface area contributed by atoms with E-state index in [1.54, 1.807) is 24.3 Å². The number of carbonyl (C=O) groups is 1. The molecule has 1 atom stereocenters. The number of nitrogens with one attached hydrogen (secondary N) is 1. The zero-order chi connectivity index (χ0) is 24.3. The molecular formula is C25H20ClN7O2. The second-order valence-corrected chi connectivity index (χ2v) is 8.81. The quantitative estimate of drug-likeness (QED) is 0.401. The van der Waals surface area contributed by atoms with Crippen LogP contribution in [0, 0.1) is 13.8 Å². The van der Waals surface area contributed by atoms with Crippen molar-refractivity contribution in [2.75, 3.05) is 12.0 Å². The van der Waals surface area contributed by atoms with Gasteiger partial charge in [-0.25, -0.2) is 4.98 Å². The number of fused-ring (bicyclic) bond motifs is 2. The first-order valence-electron chi connectivity index (χ1n) is 11.0. The lowest BCUT2D eigenvalue weighted by Gasteiger charge is -2.26. The number of rotatable bonds is 4. The molecule has 0 unspecified atom stereocenters. The van der Waals surface area contributed by atoms with Gasteiger partial charge in [-0.3, -0.25) is 19.2 Å². The van der Waals surface area contributed by atoms with Crippen molar-refractivity contribution in [2.45, 2.75) is 19.9 Å². The van der Waals surface area contributed by atoms with Gasteiger partial charge in [-0.05, 0) is 55.3 Å². The molecule has 0 radical (unpaired) electrons. The minimum Gasteiger partial charge on any atom is -0.481 e. The number of aryl methyl sites for hydroxylation is 2. The zero-order valence-electron chi connectivity index (χ0n) is 19.2. The number of carbonyl (C=O) groups excluding carboxylic acids is 1. The number of benzene rings is 1. The molecule has 1 amide bonds. The average Bonchev–Trinajstić information content (AvgIpc) is 3.54. The Labute approximate surface area is 205 Å². The summed E-state index contributed by atoms with van der Waals surface area (Å²) in [6.45, 7) is 3.84. The van der Waals surface area contributed by atoms with Crippen LogP contribution in [-0.4, -0.2) is 42.8 Å². The van der Waals surface area contributed by atoms with Crippen LogP contribution in [-0.2, 0) is 0 Å². The van der Waals surface area contributed by atoms with Crippen molar-refractivity contribution in [3.8, 4) is 17.1 Å². The minimum absolute atomic E-state index is 0.181. The molecule has 1 aliphatic rings. The predicted molar refractivity (Wildman–Crippen MR) is 131 cm³/mol. The lowest BCUT2D eigenvalue weighted by atomic mass is 10.0. The fraction of sp³-hybridized carbons (Fsp3) is 0.160. The van der Waals surface area contributed by atoms with Gasteiger partial charge < -0.3 is 4.74 Å². The minimum atomic E-state index is -0.438. The monoisotopic (exact) mass is 485 g/mol. The third-order valence-corrected chi connectivity index (χ3v) is 6.54. The molecule has 10 heteroatoms. The smallest absolute Gasteiger partial charge is 0.263 e. The Morgan fingerprint density at radius 2 is 1.91 bits per heavy atom. The van der Waals surface area contributed by atoms with E-state index in [-0.39, 0.29) is 5.91 Å². The van der Waals surface area contributed by atoms with Gasteiger partial charge in [-0.2, -0.15) is 5.10 Å². The van der Waals surface area contributed by atoms with Gasteiger partial charge in [0.05, 0.1) is 29.6 Å². The SMILES string of the molecule is COc1ncccc1-c1n[nH]c2c1C(=O)N(c1cc(C)c3nnc(C)n3c1)[C@@H]2c1ccc(Cl)cc1. The number of methoxy groups -OCH3 is 1. The summed E-state index contributed by atoms with van der Waals surface area (Å²) in [5.41, 5.74) is 5.58. The average molecular weight is 486 g/mol. The van der Waals surface area contributed by atoms with Crippen LogP contribution < -0.4 is 9.64 Å². The van der Waals surface area contributed by atoms with Crippen molar-refractivity contribution in [2.24, 2.45) is 0 Å². The molecular weight excluding hydrogens is 466 g/mol. The summed E-state index contributed by atoms with van der Waals surface area (Å²) >= 11 is 6.17. The lowest BCUT2D eigenvalue weighted by Crippen LogP contribution is -2.29. The van der Waals surface area contributed by atoms with Gasteiger partial charge in [0.2, 0.25) is 5.88 Å². The number of hydrogen-bond donors (Lipinski definition) is 1. The Kier molecular flexibility index (Phi) is 4.82. The molecule has 1 aliphatic heterocycles. The van der Waals surface area contributed by atoms with Crippen molar-refractivity contribution in [1.29, 1.82) is 0 Å². The fourth-order valence-electron chi connectivity index (χ4n) is 4.67. The second kappa shape index (κ2) is 7.92. The first-order valence-corrected chi connectivity index (χ1v) is 11.3. The Morgan fingerprint density at radius 3 is 2.69 bits per heavy atom. The molecule has 5 aromatic rings. The number of anilines is 1. The number of aromatic nitrogens is 6. The van der Waals surface area contributed by atoms with Crippen molar-refractivity contribution in [3.05, 3.63) is 88.1 Å². The molecule has 9 nitrogen and oxygen atoms in total. The molecule has 4 aromatic heterocycles. The molecule has 6 rings (SSSR count). The van der Waals surface area contributed by atoms with Crippen molar-refractivity contribution >= 4 is 28.8 Å². The van der Waals surface area contributed by atoms with Crippen molar-refractivity contribution in [1.82, 2.24) is 29.8 Å². The molecule has 0 bridgehead atoms. The molecule has 35 heavy (non-hydrogen) atoms. The Hall–Kier alpha value is -4.24. The van der Waals surface area contributed by atoms with E-state index in [1.807, 2.05) is 60.8 Å². The van der Waals surface area contributed by atoms with Gasteiger partial charge in [0.1, 0.15) is 17.6 Å². The highest BCUT2D eigenvalue weighted by Crippen LogP contribution is 2.45. The van der Waals surface area contributed by atoms with Crippen LogP contribution in [0.2, 0.25) is 5.02 Å². The van der Waals surface area contributed by atoms with Crippen LogP contribution in [0.5, 0.6) is 5.88 Å². The summed E-state index contributed by atoms with van der Waals surface area (Å²) in [7, 11) is 1.54. The highest BCUT2D eigenvalue weighted by Gasteiger charge is 2.43. The van der Waals surface area contributed by atoms with E-state index in [2.05, 4.69) is 25.4 Å². The maximum atomic E-state index is 14.1. The number of nitrogens with zero attached hydrogens (tertiary/aromatic N) is 6. The fourth-order valence-corrected chi connectivity index (χ4v) is 4.80. The molecule has 1 N–H and O–H groups in total. The Morgan fingerprint density at radius 1 is 1.11 bits per heavy atom. The molecule has 1 aromatic carbocycles. The summed E-state index contributed by atoms with van der Waals surface area (Å²) in [6, 6.07) is 12.6. The Bertz CT molecular complexity index is 1610. The van der Waals surface area contributed by atoms with Gasteiger partial charge in [0.15, 0.2) is 5.65 Å². The maximum absolute atomic E-state index is 14.1. The number of ether oxygens (including phenoxy) is 1. The van der Waals surface area contributed by atoms with Gasteiger partial charge in [0.25, 0.3) is 5.91 Å². The van der Waals surface area contributed by atoms with E-state index in [0.717, 1.165) is 28.3 Å². The normalized spacial score (nSPS) is 15.1. The van der Waals surface area contributed by atoms with Crippen LogP contribution in [0.25, 0.3) is 16.9 Å². The molecule has 0 saturated carbocycles. The molecule has 0 aliphatic carbocycles. The van der Waals surface area contributed by atoms with Gasteiger partial charge >= 0.3 is 0 Å². The summed E-state index contributed by atoms with van der Waals surface area (Å²) in [4.78, 5) is 20.2. The van der Waals surface area contributed by atoms with Crippen molar-refractivity contribution in [3.63, 3.8) is 0 Å². The third-order valence-electron chi connectivity index (χ3n) is 6.29. The van der Waals surface area contributed by atoms with E-state index in [4.69, 9.17) is 16.3 Å². The van der Waals surface area contributed by atoms with E-state index >= 15 is 0 Å². The van der Waals surface area contributed by atoms with E-state index in [9.17, 15) is 4.79 Å². The number of aromatic amines is 1. The number of amides is 1. The highest BCUT2D eigenvalue weighted by atomic mass is 35.5. The van der Waals surface area contributed by atoms with Crippen LogP contribution in [0.15, 0.2) is 54.9 Å². The lowest BCUT2D eigenvalue weighted by molar-refractivity contribution is 0.0994. The van der Waals surface area contributed by atoms with Crippen LogP contribution in [0.4, 0.5) is 5.69 Å². The molecule has 174 valence electrons. The molecule has 0 spiro atoms. The van der Waals surface area contributed by atoms with Gasteiger partial charge in [-0.15, -0.1) is 10.2 Å². The summed E-state index contributed by atoms with van der Waals surface area (Å²) in [5, 5.41) is 16.7. The first-order chi connectivity index (χ1) is 17.0. The maximum Gasteiger partial charge on any atom is 0.263 e. The summed E-state index contributed by atoms with van der Waals surface area (Å²) < 4.78 is 7.34. The second-order valence-electron chi connectivity index (χ2n) is 8.37. The van der Waals surface area contributed by atoms with E-state index in [1.165, 1.54) is 0 Å². The number of H-pyrrole nitrogens is 1. The van der Waals surface area contributed by atoms with Crippen LogP contribution >= 0.6 is 11.6 Å². The van der Waals surface area contributed by atoms with E-state index in [0.29, 0.717) is 33.4 Å². The van der Waals surface area contributed by atoms with E-state index < -0.39 is 6.04 Å². The van der Waals surface area contributed by atoms with Crippen molar-refractivity contribution < 1.29 is 9.53 Å². The highest BCUT2D eigenvalue weighted by molar-refractivity contribution is 6.30. The standard InChI is InChI=1S/C25H20ClN7O2/c1-13-11-17(12-32-14(2)28-31-23(13)32)33-22(15-6-8-16(26)9-7-15)21-19(25(33)34)20(29-30-21)18-5-4-10-27-24(18)35-3/h4-12,22H,1-3H3,(H,29,30)/t22-/m1/s1. The zero-order valence-corrected chi connectivity index (χ0v) is 19.9. The third kappa shape index (κ3) is 3.19. The van der Waals surface area contributed by atoms with Gasteiger partial charge in [-0.1, -0.05) is 23.7 Å². The largest absolute Gasteiger partial charge is 0.481 e. The number of pyridine rings is 2. The summed E-state index contributed by atoms with van der Waals surface area (Å²) in [5.74, 6) is 0.952. The Balaban J connectivity index is 1.58. The number of hydrogen-bond acceptors (Lipinski definition) is 6. The topological polar surface area (TPSA) is 101 Å². The molecule has 0 fully saturated rings.